The molecule has 6 nitrogen and oxygen atoms in total. The number of likely N-dealkylation sites (N-methyl/N-ethyl adjacent to an activating group) is 1. The van der Waals surface area contributed by atoms with Gasteiger partial charge in [-0.05, 0) is 26.1 Å². The summed E-state index contributed by atoms with van der Waals surface area (Å²) in [4.78, 5) is 4.43. The molecule has 1 atom stereocenters. The van der Waals surface area contributed by atoms with E-state index in [4.69, 9.17) is 4.42 Å². The standard InChI is InChI=1S/C14H19N3O3S.ClH/c1-10(15-3)8-16-21(18,19)13-6-4-12(5-7-13)14-9-20-11(2)17-14;/h4-7,9-10,15-16H,8H2,1-3H3;1H. The molecule has 0 fully saturated rings. The zero-order chi connectivity index (χ0) is 15.5. The highest BCUT2D eigenvalue weighted by atomic mass is 35.5. The van der Waals surface area contributed by atoms with Crippen LogP contribution in [0.15, 0.2) is 39.8 Å². The van der Waals surface area contributed by atoms with Crippen molar-refractivity contribution < 1.29 is 12.8 Å². The zero-order valence-corrected chi connectivity index (χ0v) is 14.3. The van der Waals surface area contributed by atoms with Gasteiger partial charge in [0.25, 0.3) is 0 Å². The Labute approximate surface area is 136 Å². The van der Waals surface area contributed by atoms with Gasteiger partial charge in [0.1, 0.15) is 12.0 Å². The Kier molecular flexibility index (Phi) is 6.55. The van der Waals surface area contributed by atoms with Gasteiger partial charge in [0.2, 0.25) is 10.0 Å². The highest BCUT2D eigenvalue weighted by Crippen LogP contribution is 2.20. The average molecular weight is 346 g/mol. The van der Waals surface area contributed by atoms with E-state index in [1.54, 1.807) is 44.5 Å². The summed E-state index contributed by atoms with van der Waals surface area (Å²) in [6.07, 6.45) is 1.55. The molecule has 2 rings (SSSR count). The van der Waals surface area contributed by atoms with Gasteiger partial charge in [0.05, 0.1) is 4.90 Å². The third-order valence-corrected chi connectivity index (χ3v) is 4.59. The van der Waals surface area contributed by atoms with Gasteiger partial charge in [0, 0.05) is 25.1 Å². The number of oxazole rings is 1. The van der Waals surface area contributed by atoms with Gasteiger partial charge in [-0.2, -0.15) is 0 Å². The van der Waals surface area contributed by atoms with Gasteiger partial charge in [-0.25, -0.2) is 18.1 Å². The van der Waals surface area contributed by atoms with Crippen molar-refractivity contribution in [1.82, 2.24) is 15.0 Å². The SMILES string of the molecule is CNC(C)CNS(=O)(=O)c1ccc(-c2coc(C)n2)cc1.Cl. The Morgan fingerprint density at radius 1 is 1.27 bits per heavy atom. The first-order valence-corrected chi connectivity index (χ1v) is 8.10. The minimum absolute atomic E-state index is 0. The number of nitrogens with zero attached hydrogens (tertiary/aromatic N) is 1. The molecule has 2 aromatic rings. The van der Waals surface area contributed by atoms with Crippen LogP contribution >= 0.6 is 12.4 Å². The summed E-state index contributed by atoms with van der Waals surface area (Å²) in [7, 11) is -1.71. The second-order valence-corrected chi connectivity index (χ2v) is 6.58. The van der Waals surface area contributed by atoms with Gasteiger partial charge in [-0.1, -0.05) is 12.1 Å². The summed E-state index contributed by atoms with van der Waals surface area (Å²) >= 11 is 0. The number of nitrogens with one attached hydrogen (secondary N) is 2. The summed E-state index contributed by atoms with van der Waals surface area (Å²) in [5.74, 6) is 0.574. The highest BCUT2D eigenvalue weighted by Gasteiger charge is 2.15. The molecule has 1 heterocycles. The molecule has 0 spiro atoms. The van der Waals surface area contributed by atoms with E-state index in [1.807, 2.05) is 6.92 Å². The predicted molar refractivity (Wildman–Crippen MR) is 87.6 cm³/mol. The first-order chi connectivity index (χ1) is 9.92. The van der Waals surface area contributed by atoms with Crippen LogP contribution in [0.2, 0.25) is 0 Å². The third kappa shape index (κ3) is 4.54. The number of sulfonamides is 1. The Hall–Kier alpha value is -1.41. The van der Waals surface area contributed by atoms with Crippen LogP contribution < -0.4 is 10.0 Å². The van der Waals surface area contributed by atoms with E-state index < -0.39 is 10.0 Å². The fourth-order valence-corrected chi connectivity index (χ4v) is 2.85. The molecule has 122 valence electrons. The van der Waals surface area contributed by atoms with E-state index in [0.29, 0.717) is 18.1 Å². The van der Waals surface area contributed by atoms with E-state index in [2.05, 4.69) is 15.0 Å². The van der Waals surface area contributed by atoms with Crippen molar-refractivity contribution in [3.8, 4) is 11.3 Å². The minimum atomic E-state index is -3.49. The van der Waals surface area contributed by atoms with Crippen LogP contribution in [0.4, 0.5) is 0 Å². The Bertz CT molecular complexity index is 698. The molecular formula is C14H20ClN3O3S. The monoisotopic (exact) mass is 345 g/mol. The van der Waals surface area contributed by atoms with Gasteiger partial charge >= 0.3 is 0 Å². The molecule has 0 aliphatic carbocycles. The molecule has 2 N–H and O–H groups in total. The molecule has 0 saturated heterocycles. The van der Waals surface area contributed by atoms with E-state index in [1.165, 1.54) is 0 Å². The molecule has 0 radical (unpaired) electrons. The molecule has 0 aliphatic rings. The number of aryl methyl sites for hydroxylation is 1. The first-order valence-electron chi connectivity index (χ1n) is 6.62. The van der Waals surface area contributed by atoms with Crippen molar-refractivity contribution in [3.63, 3.8) is 0 Å². The van der Waals surface area contributed by atoms with Crippen LogP contribution in [0, 0.1) is 6.92 Å². The molecular weight excluding hydrogens is 326 g/mol. The summed E-state index contributed by atoms with van der Waals surface area (Å²) < 4.78 is 32.0. The van der Waals surface area contributed by atoms with Crippen molar-refractivity contribution >= 4 is 22.4 Å². The Morgan fingerprint density at radius 3 is 2.41 bits per heavy atom. The molecule has 0 saturated carbocycles. The number of aromatic nitrogens is 1. The molecule has 0 amide bonds. The van der Waals surface area contributed by atoms with Gasteiger partial charge in [-0.15, -0.1) is 12.4 Å². The molecule has 22 heavy (non-hydrogen) atoms. The Balaban J connectivity index is 0.00000242. The predicted octanol–water partition coefficient (Wildman–Crippen LogP) is 1.96. The maximum absolute atomic E-state index is 12.1. The van der Waals surface area contributed by atoms with E-state index in [0.717, 1.165) is 5.56 Å². The normalized spacial score (nSPS) is 12.7. The van der Waals surface area contributed by atoms with Gasteiger partial charge < -0.3 is 9.73 Å². The maximum Gasteiger partial charge on any atom is 0.240 e. The molecule has 0 bridgehead atoms. The van der Waals surface area contributed by atoms with Crippen molar-refractivity contribution in [2.75, 3.05) is 13.6 Å². The summed E-state index contributed by atoms with van der Waals surface area (Å²) in [6, 6.07) is 6.62. The van der Waals surface area contributed by atoms with Crippen LogP contribution in [0.1, 0.15) is 12.8 Å². The van der Waals surface area contributed by atoms with Crippen molar-refractivity contribution in [1.29, 1.82) is 0 Å². The van der Waals surface area contributed by atoms with Crippen LogP contribution in [0.3, 0.4) is 0 Å². The largest absolute Gasteiger partial charge is 0.449 e. The maximum atomic E-state index is 12.1. The lowest BCUT2D eigenvalue weighted by Gasteiger charge is -2.12. The van der Waals surface area contributed by atoms with E-state index in [9.17, 15) is 8.42 Å². The smallest absolute Gasteiger partial charge is 0.240 e. The highest BCUT2D eigenvalue weighted by molar-refractivity contribution is 7.89. The summed E-state index contributed by atoms with van der Waals surface area (Å²) in [6.45, 7) is 4.00. The summed E-state index contributed by atoms with van der Waals surface area (Å²) in [5, 5.41) is 2.98. The molecule has 1 unspecified atom stereocenters. The lowest BCUT2D eigenvalue weighted by molar-refractivity contribution is 0.521. The van der Waals surface area contributed by atoms with Crippen molar-refractivity contribution in [2.45, 2.75) is 24.8 Å². The molecule has 1 aromatic carbocycles. The number of benzene rings is 1. The van der Waals surface area contributed by atoms with E-state index in [-0.39, 0.29) is 23.3 Å². The zero-order valence-electron chi connectivity index (χ0n) is 12.7. The van der Waals surface area contributed by atoms with Crippen molar-refractivity contribution in [2.24, 2.45) is 0 Å². The third-order valence-electron chi connectivity index (χ3n) is 3.15. The topological polar surface area (TPSA) is 84.2 Å². The number of hydrogen-bond donors (Lipinski definition) is 2. The lowest BCUT2D eigenvalue weighted by atomic mass is 10.2. The van der Waals surface area contributed by atoms with Crippen LogP contribution in [0.25, 0.3) is 11.3 Å². The molecule has 0 aliphatic heterocycles. The Morgan fingerprint density at radius 2 is 1.91 bits per heavy atom. The second kappa shape index (κ2) is 7.73. The first kappa shape index (κ1) is 18.6. The van der Waals surface area contributed by atoms with Crippen LogP contribution in [0.5, 0.6) is 0 Å². The quantitative estimate of drug-likeness (QED) is 0.836. The fraction of sp³-hybridized carbons (Fsp3) is 0.357. The number of hydrogen-bond acceptors (Lipinski definition) is 5. The number of rotatable bonds is 6. The minimum Gasteiger partial charge on any atom is -0.449 e. The lowest BCUT2D eigenvalue weighted by Crippen LogP contribution is -2.37. The van der Waals surface area contributed by atoms with Gasteiger partial charge in [0.15, 0.2) is 5.89 Å². The summed E-state index contributed by atoms with van der Waals surface area (Å²) in [5.41, 5.74) is 1.50. The second-order valence-electron chi connectivity index (χ2n) is 4.82. The number of halogens is 1. The van der Waals surface area contributed by atoms with Crippen LogP contribution in [-0.2, 0) is 10.0 Å². The molecule has 8 heteroatoms. The van der Waals surface area contributed by atoms with Gasteiger partial charge in [-0.3, -0.25) is 0 Å². The fourth-order valence-electron chi connectivity index (χ4n) is 1.72. The molecule has 1 aromatic heterocycles. The van der Waals surface area contributed by atoms with Crippen molar-refractivity contribution in [3.05, 3.63) is 36.4 Å². The van der Waals surface area contributed by atoms with E-state index >= 15 is 0 Å². The van der Waals surface area contributed by atoms with Crippen LogP contribution in [-0.4, -0.2) is 33.0 Å². The average Bonchev–Trinajstić information content (AvgIpc) is 2.91.